The van der Waals surface area contributed by atoms with Crippen molar-refractivity contribution in [3.8, 4) is 11.5 Å². The average Bonchev–Trinajstić information content (AvgIpc) is 2.56. The monoisotopic (exact) mass is 336 g/mol. The van der Waals surface area contributed by atoms with Gasteiger partial charge >= 0.3 is 0 Å². The predicted octanol–water partition coefficient (Wildman–Crippen LogP) is 4.05. The number of methoxy groups -OCH3 is 2. The molecule has 0 aliphatic carbocycles. The Morgan fingerprint density at radius 3 is 2.39 bits per heavy atom. The number of aromatic amines is 1. The van der Waals surface area contributed by atoms with Gasteiger partial charge in [0.05, 0.1) is 25.1 Å². The molecule has 0 fully saturated rings. The first-order valence-electron chi connectivity index (χ1n) is 8.01. The van der Waals surface area contributed by atoms with Crippen LogP contribution in [0.25, 0.3) is 10.9 Å². The fraction of sp³-hybridized carbons (Fsp3) is 0.529. The number of nitrogens with one attached hydrogen (secondary N) is 1. The molecular weight excluding hydrogens is 312 g/mol. The summed E-state index contributed by atoms with van der Waals surface area (Å²) in [7, 11) is 3.12. The van der Waals surface area contributed by atoms with Gasteiger partial charge in [0, 0.05) is 12.6 Å². The molecular formula is C17H24N2O3S. The molecule has 23 heavy (non-hydrogen) atoms. The molecule has 0 saturated carbocycles. The van der Waals surface area contributed by atoms with Crippen molar-refractivity contribution in [2.75, 3.05) is 14.2 Å². The Labute approximate surface area is 141 Å². The molecule has 0 radical (unpaired) electrons. The zero-order valence-electron chi connectivity index (χ0n) is 14.0. The van der Waals surface area contributed by atoms with E-state index in [0.717, 1.165) is 12.8 Å². The van der Waals surface area contributed by atoms with Crippen LogP contribution in [0.1, 0.15) is 39.0 Å². The minimum Gasteiger partial charge on any atom is -0.493 e. The van der Waals surface area contributed by atoms with E-state index in [2.05, 4.69) is 11.9 Å². The molecule has 0 aliphatic rings. The Kier molecular flexibility index (Phi) is 6.21. The van der Waals surface area contributed by atoms with Gasteiger partial charge in [0.2, 0.25) is 0 Å². The van der Waals surface area contributed by atoms with E-state index in [1.165, 1.54) is 19.3 Å². The van der Waals surface area contributed by atoms with Gasteiger partial charge in [-0.2, -0.15) is 0 Å². The van der Waals surface area contributed by atoms with E-state index in [9.17, 15) is 4.79 Å². The summed E-state index contributed by atoms with van der Waals surface area (Å²) in [5.41, 5.74) is 0.583. The summed E-state index contributed by atoms with van der Waals surface area (Å²) in [6.45, 7) is 2.83. The molecule has 0 unspecified atom stereocenters. The average molecular weight is 336 g/mol. The van der Waals surface area contributed by atoms with Crippen LogP contribution in [-0.4, -0.2) is 23.8 Å². The Morgan fingerprint density at radius 2 is 1.74 bits per heavy atom. The first-order valence-corrected chi connectivity index (χ1v) is 8.42. The highest BCUT2D eigenvalue weighted by Gasteiger charge is 2.11. The summed E-state index contributed by atoms with van der Waals surface area (Å²) < 4.78 is 12.6. The lowest BCUT2D eigenvalue weighted by Gasteiger charge is -2.11. The van der Waals surface area contributed by atoms with Gasteiger partial charge in [-0.15, -0.1) is 0 Å². The van der Waals surface area contributed by atoms with Crippen LogP contribution in [0.15, 0.2) is 16.9 Å². The van der Waals surface area contributed by atoms with Crippen LogP contribution in [0, 0.1) is 4.77 Å². The lowest BCUT2D eigenvalue weighted by Crippen LogP contribution is -2.22. The van der Waals surface area contributed by atoms with Crippen LogP contribution in [0.2, 0.25) is 0 Å². The quantitative estimate of drug-likeness (QED) is 0.584. The van der Waals surface area contributed by atoms with Crippen LogP contribution in [0.5, 0.6) is 11.5 Å². The molecule has 1 heterocycles. The van der Waals surface area contributed by atoms with Crippen LogP contribution in [0.3, 0.4) is 0 Å². The third kappa shape index (κ3) is 3.93. The van der Waals surface area contributed by atoms with Crippen molar-refractivity contribution in [1.82, 2.24) is 9.55 Å². The SMILES string of the molecule is CCCCCCCn1c(=S)[nH]c2cc(OC)c(OC)cc2c1=O. The number of aromatic nitrogens is 2. The van der Waals surface area contributed by atoms with Gasteiger partial charge in [-0.1, -0.05) is 32.6 Å². The maximum Gasteiger partial charge on any atom is 0.262 e. The molecule has 5 nitrogen and oxygen atoms in total. The molecule has 6 heteroatoms. The minimum absolute atomic E-state index is 0.0832. The van der Waals surface area contributed by atoms with Crippen molar-refractivity contribution in [2.24, 2.45) is 0 Å². The molecule has 0 amide bonds. The Balaban J connectivity index is 2.36. The maximum absolute atomic E-state index is 12.7. The molecule has 0 bridgehead atoms. The molecule has 1 aromatic heterocycles. The number of H-pyrrole nitrogens is 1. The zero-order valence-corrected chi connectivity index (χ0v) is 14.8. The van der Waals surface area contributed by atoms with Gasteiger partial charge in [0.25, 0.3) is 5.56 Å². The fourth-order valence-corrected chi connectivity index (χ4v) is 2.94. The van der Waals surface area contributed by atoms with E-state index in [4.69, 9.17) is 21.7 Å². The molecule has 0 saturated heterocycles. The highest BCUT2D eigenvalue weighted by atomic mass is 32.1. The highest BCUT2D eigenvalue weighted by Crippen LogP contribution is 2.29. The third-order valence-electron chi connectivity index (χ3n) is 3.97. The van der Waals surface area contributed by atoms with Crippen LogP contribution < -0.4 is 15.0 Å². The predicted molar refractivity (Wildman–Crippen MR) is 95.3 cm³/mol. The number of benzene rings is 1. The van der Waals surface area contributed by atoms with Crippen molar-refractivity contribution < 1.29 is 9.47 Å². The fourth-order valence-electron chi connectivity index (χ4n) is 2.66. The zero-order chi connectivity index (χ0) is 16.8. The van der Waals surface area contributed by atoms with E-state index in [-0.39, 0.29) is 5.56 Å². The van der Waals surface area contributed by atoms with E-state index >= 15 is 0 Å². The Hall–Kier alpha value is -1.82. The first kappa shape index (κ1) is 17.5. The van der Waals surface area contributed by atoms with Crippen LogP contribution in [-0.2, 0) is 6.54 Å². The molecule has 0 aliphatic heterocycles. The number of unbranched alkanes of at least 4 members (excludes halogenated alkanes) is 4. The van der Waals surface area contributed by atoms with Gasteiger partial charge in [-0.05, 0) is 24.7 Å². The number of rotatable bonds is 8. The summed E-state index contributed by atoms with van der Waals surface area (Å²) >= 11 is 5.34. The summed E-state index contributed by atoms with van der Waals surface area (Å²) in [6, 6.07) is 3.45. The number of nitrogens with zero attached hydrogens (tertiary/aromatic N) is 1. The number of fused-ring (bicyclic) bond motifs is 1. The van der Waals surface area contributed by atoms with Crippen molar-refractivity contribution >= 4 is 23.1 Å². The van der Waals surface area contributed by atoms with Gasteiger partial charge in [0.1, 0.15) is 0 Å². The number of hydrogen-bond donors (Lipinski definition) is 1. The maximum atomic E-state index is 12.7. The van der Waals surface area contributed by atoms with Crippen molar-refractivity contribution in [3.63, 3.8) is 0 Å². The second-order valence-corrected chi connectivity index (χ2v) is 5.94. The summed E-state index contributed by atoms with van der Waals surface area (Å²) in [4.78, 5) is 15.8. The van der Waals surface area contributed by atoms with Gasteiger partial charge in [0.15, 0.2) is 16.3 Å². The molecule has 1 N–H and O–H groups in total. The molecule has 0 atom stereocenters. The molecule has 0 spiro atoms. The summed E-state index contributed by atoms with van der Waals surface area (Å²) in [5, 5.41) is 0.560. The molecule has 2 rings (SSSR count). The molecule has 2 aromatic rings. The van der Waals surface area contributed by atoms with Crippen LogP contribution >= 0.6 is 12.2 Å². The van der Waals surface area contributed by atoms with Crippen molar-refractivity contribution in [3.05, 3.63) is 27.3 Å². The van der Waals surface area contributed by atoms with Crippen molar-refractivity contribution in [2.45, 2.75) is 45.6 Å². The molecule has 1 aromatic carbocycles. The second-order valence-electron chi connectivity index (χ2n) is 5.55. The van der Waals surface area contributed by atoms with E-state index in [0.29, 0.717) is 33.7 Å². The topological polar surface area (TPSA) is 56.2 Å². The largest absolute Gasteiger partial charge is 0.493 e. The Bertz CT molecular complexity index is 780. The van der Waals surface area contributed by atoms with E-state index in [1.54, 1.807) is 30.9 Å². The minimum atomic E-state index is -0.0832. The third-order valence-corrected chi connectivity index (χ3v) is 4.29. The van der Waals surface area contributed by atoms with E-state index in [1.807, 2.05) is 0 Å². The first-order chi connectivity index (χ1) is 11.1. The lowest BCUT2D eigenvalue weighted by molar-refractivity contribution is 0.355. The van der Waals surface area contributed by atoms with Crippen molar-refractivity contribution in [1.29, 1.82) is 0 Å². The number of ether oxygens (including phenoxy) is 2. The standard InChI is InChI=1S/C17H24N2O3S/c1-4-5-6-7-8-9-19-16(20)12-10-14(21-2)15(22-3)11-13(12)18-17(19)23/h10-11H,4-9H2,1-3H3,(H,18,23). The summed E-state index contributed by atoms with van der Waals surface area (Å²) in [6.07, 6.45) is 5.70. The lowest BCUT2D eigenvalue weighted by atomic mass is 10.1. The van der Waals surface area contributed by atoms with Gasteiger partial charge in [-0.3, -0.25) is 9.36 Å². The second kappa shape index (κ2) is 8.15. The van der Waals surface area contributed by atoms with Gasteiger partial charge < -0.3 is 14.5 Å². The summed E-state index contributed by atoms with van der Waals surface area (Å²) in [5.74, 6) is 1.11. The van der Waals surface area contributed by atoms with Crippen LogP contribution in [0.4, 0.5) is 0 Å². The normalized spacial score (nSPS) is 10.9. The highest BCUT2D eigenvalue weighted by molar-refractivity contribution is 7.71. The number of hydrogen-bond acceptors (Lipinski definition) is 4. The van der Waals surface area contributed by atoms with E-state index < -0.39 is 0 Å². The molecule has 126 valence electrons. The van der Waals surface area contributed by atoms with Gasteiger partial charge in [-0.25, -0.2) is 0 Å². The smallest absolute Gasteiger partial charge is 0.262 e. The Morgan fingerprint density at radius 1 is 1.09 bits per heavy atom.